The van der Waals surface area contributed by atoms with Crippen molar-refractivity contribution in [1.29, 1.82) is 0 Å². The second-order valence-electron chi connectivity index (χ2n) is 3.43. The van der Waals surface area contributed by atoms with Gasteiger partial charge < -0.3 is 10.4 Å². The van der Waals surface area contributed by atoms with Gasteiger partial charge in [-0.25, -0.2) is 0 Å². The van der Waals surface area contributed by atoms with Crippen LogP contribution in [0.15, 0.2) is 17.5 Å². The summed E-state index contributed by atoms with van der Waals surface area (Å²) >= 11 is 3.30. The van der Waals surface area contributed by atoms with Crippen LogP contribution < -0.4 is 5.32 Å². The number of hydrogen-bond donors (Lipinski definition) is 2. The van der Waals surface area contributed by atoms with Crippen LogP contribution in [0.5, 0.6) is 0 Å². The summed E-state index contributed by atoms with van der Waals surface area (Å²) in [7, 11) is 0. The number of thiophene rings is 1. The largest absolute Gasteiger partial charge is 0.394 e. The molecule has 1 amide bonds. The highest BCUT2D eigenvalue weighted by atomic mass is 32.2. The fourth-order valence-electron chi connectivity index (χ4n) is 1.19. The van der Waals surface area contributed by atoms with Crippen LogP contribution in [-0.2, 0) is 10.5 Å². The van der Waals surface area contributed by atoms with Gasteiger partial charge >= 0.3 is 0 Å². The third-order valence-electron chi connectivity index (χ3n) is 2.14. The first-order chi connectivity index (χ1) is 7.76. The quantitative estimate of drug-likeness (QED) is 0.786. The molecule has 0 unspecified atom stereocenters. The molecule has 16 heavy (non-hydrogen) atoms. The van der Waals surface area contributed by atoms with Crippen LogP contribution in [0.3, 0.4) is 0 Å². The van der Waals surface area contributed by atoms with Crippen molar-refractivity contribution >= 4 is 29.0 Å². The Morgan fingerprint density at radius 3 is 3.06 bits per heavy atom. The molecule has 1 heterocycles. The first kappa shape index (κ1) is 13.5. The van der Waals surface area contributed by atoms with E-state index in [-0.39, 0.29) is 18.6 Å². The number of aliphatic hydroxyl groups excluding tert-OH is 1. The molecule has 90 valence electrons. The van der Waals surface area contributed by atoms with Gasteiger partial charge in [-0.2, -0.15) is 0 Å². The summed E-state index contributed by atoms with van der Waals surface area (Å²) < 4.78 is 0. The van der Waals surface area contributed by atoms with E-state index in [1.807, 2.05) is 18.4 Å². The molecule has 0 fully saturated rings. The molecule has 0 radical (unpaired) electrons. The van der Waals surface area contributed by atoms with Crippen LogP contribution in [-0.4, -0.2) is 29.4 Å². The van der Waals surface area contributed by atoms with Crippen molar-refractivity contribution in [3.63, 3.8) is 0 Å². The van der Waals surface area contributed by atoms with E-state index in [4.69, 9.17) is 5.11 Å². The van der Waals surface area contributed by atoms with Gasteiger partial charge in [-0.3, -0.25) is 4.79 Å². The smallest absolute Gasteiger partial charge is 0.230 e. The second-order valence-corrected chi connectivity index (χ2v) is 5.45. The minimum atomic E-state index is -0.102. The van der Waals surface area contributed by atoms with Crippen LogP contribution >= 0.6 is 23.1 Å². The van der Waals surface area contributed by atoms with E-state index in [2.05, 4.69) is 11.4 Å². The van der Waals surface area contributed by atoms with Gasteiger partial charge in [-0.15, -0.1) is 23.1 Å². The van der Waals surface area contributed by atoms with E-state index in [1.54, 1.807) is 23.1 Å². The summed E-state index contributed by atoms with van der Waals surface area (Å²) in [5.74, 6) is 1.33. The lowest BCUT2D eigenvalue weighted by Gasteiger charge is -2.13. The minimum absolute atomic E-state index is 0.00227. The molecule has 1 aromatic heterocycles. The summed E-state index contributed by atoms with van der Waals surface area (Å²) in [4.78, 5) is 12.7. The molecular formula is C11H17NO2S2. The van der Waals surface area contributed by atoms with Crippen LogP contribution in [0.4, 0.5) is 0 Å². The van der Waals surface area contributed by atoms with E-state index >= 15 is 0 Å². The Morgan fingerprint density at radius 2 is 2.50 bits per heavy atom. The van der Waals surface area contributed by atoms with Crippen LogP contribution in [0.2, 0.25) is 0 Å². The maximum Gasteiger partial charge on any atom is 0.230 e. The molecule has 1 rings (SSSR count). The number of nitrogens with one attached hydrogen (secondary N) is 1. The van der Waals surface area contributed by atoms with Gasteiger partial charge in [0.05, 0.1) is 18.4 Å². The number of rotatable bonds is 7. The van der Waals surface area contributed by atoms with Gasteiger partial charge in [0, 0.05) is 10.6 Å². The second kappa shape index (κ2) is 7.70. The number of amides is 1. The molecule has 0 aromatic carbocycles. The topological polar surface area (TPSA) is 49.3 Å². The molecule has 0 saturated heterocycles. The molecule has 0 aliphatic carbocycles. The minimum Gasteiger partial charge on any atom is -0.394 e. The van der Waals surface area contributed by atoms with E-state index < -0.39 is 0 Å². The highest BCUT2D eigenvalue weighted by Gasteiger charge is 2.08. The highest BCUT2D eigenvalue weighted by molar-refractivity contribution is 7.99. The summed E-state index contributed by atoms with van der Waals surface area (Å²) in [5, 5.41) is 13.8. The summed E-state index contributed by atoms with van der Waals surface area (Å²) in [6, 6.07) is 3.98. The van der Waals surface area contributed by atoms with Gasteiger partial charge in [0.25, 0.3) is 0 Å². The summed E-state index contributed by atoms with van der Waals surface area (Å²) in [6.07, 6.45) is 0.762. The van der Waals surface area contributed by atoms with Crippen LogP contribution in [0.25, 0.3) is 0 Å². The molecule has 1 atom stereocenters. The molecule has 0 aliphatic heterocycles. The number of carbonyl (C=O) groups excluding carboxylic acids is 1. The van der Waals surface area contributed by atoms with Crippen molar-refractivity contribution in [3.8, 4) is 0 Å². The van der Waals surface area contributed by atoms with Crippen molar-refractivity contribution in [2.45, 2.75) is 25.1 Å². The predicted octanol–water partition coefficient (Wildman–Crippen LogP) is 1.87. The SMILES string of the molecule is CC[C@H](CO)NC(=O)CSCc1cccs1. The standard InChI is InChI=1S/C11H17NO2S2/c1-2-9(6-13)12-11(14)8-15-7-10-4-3-5-16-10/h3-5,9,13H,2,6-8H2,1H3,(H,12,14)/t9-/m1/s1. The number of thioether (sulfide) groups is 1. The fourth-order valence-corrected chi connectivity index (χ4v) is 2.86. The molecule has 1 aromatic rings. The number of hydrogen-bond acceptors (Lipinski definition) is 4. The van der Waals surface area contributed by atoms with Gasteiger partial charge in [-0.05, 0) is 17.9 Å². The average Bonchev–Trinajstić information content (AvgIpc) is 2.79. The molecule has 0 aliphatic rings. The molecule has 5 heteroatoms. The molecule has 3 nitrogen and oxygen atoms in total. The zero-order valence-electron chi connectivity index (χ0n) is 9.31. The van der Waals surface area contributed by atoms with Crippen molar-refractivity contribution in [2.75, 3.05) is 12.4 Å². The van der Waals surface area contributed by atoms with E-state index in [0.717, 1.165) is 12.2 Å². The predicted molar refractivity (Wildman–Crippen MR) is 69.8 cm³/mol. The Bertz CT molecular complexity index is 297. The van der Waals surface area contributed by atoms with E-state index in [9.17, 15) is 4.79 Å². The first-order valence-corrected chi connectivity index (χ1v) is 7.30. The van der Waals surface area contributed by atoms with Gasteiger partial charge in [0.15, 0.2) is 0 Å². The lowest BCUT2D eigenvalue weighted by molar-refractivity contribution is -0.119. The third kappa shape index (κ3) is 5.01. The maximum absolute atomic E-state index is 11.5. The van der Waals surface area contributed by atoms with Crippen molar-refractivity contribution in [1.82, 2.24) is 5.32 Å². The Labute approximate surface area is 104 Å². The normalized spacial score (nSPS) is 12.4. The lowest BCUT2D eigenvalue weighted by atomic mass is 10.2. The Kier molecular flexibility index (Phi) is 6.52. The zero-order valence-corrected chi connectivity index (χ0v) is 10.9. The Hall–Kier alpha value is -0.520. The molecule has 0 spiro atoms. The van der Waals surface area contributed by atoms with E-state index in [0.29, 0.717) is 5.75 Å². The summed E-state index contributed by atoms with van der Waals surface area (Å²) in [6.45, 7) is 1.96. The number of aliphatic hydroxyl groups is 1. The van der Waals surface area contributed by atoms with Gasteiger partial charge in [-0.1, -0.05) is 13.0 Å². The number of carbonyl (C=O) groups is 1. The molecular weight excluding hydrogens is 242 g/mol. The zero-order chi connectivity index (χ0) is 11.8. The average molecular weight is 259 g/mol. The maximum atomic E-state index is 11.5. The molecule has 0 bridgehead atoms. The summed E-state index contributed by atoms with van der Waals surface area (Å²) in [5.41, 5.74) is 0. The third-order valence-corrected chi connectivity index (χ3v) is 4.18. The molecule has 0 saturated carbocycles. The van der Waals surface area contributed by atoms with Crippen LogP contribution in [0, 0.1) is 0 Å². The molecule has 2 N–H and O–H groups in total. The highest BCUT2D eigenvalue weighted by Crippen LogP contribution is 2.16. The van der Waals surface area contributed by atoms with Crippen molar-refractivity contribution < 1.29 is 9.90 Å². The van der Waals surface area contributed by atoms with Gasteiger partial charge in [0.1, 0.15) is 0 Å². The Morgan fingerprint density at radius 1 is 1.69 bits per heavy atom. The van der Waals surface area contributed by atoms with Gasteiger partial charge in [0.2, 0.25) is 5.91 Å². The van der Waals surface area contributed by atoms with Crippen molar-refractivity contribution in [3.05, 3.63) is 22.4 Å². The monoisotopic (exact) mass is 259 g/mol. The van der Waals surface area contributed by atoms with Crippen molar-refractivity contribution in [2.24, 2.45) is 0 Å². The lowest BCUT2D eigenvalue weighted by Crippen LogP contribution is -2.37. The van der Waals surface area contributed by atoms with E-state index in [1.165, 1.54) is 4.88 Å². The fraction of sp³-hybridized carbons (Fsp3) is 0.545. The first-order valence-electron chi connectivity index (χ1n) is 5.26. The van der Waals surface area contributed by atoms with Crippen LogP contribution in [0.1, 0.15) is 18.2 Å². The Balaban J connectivity index is 2.15.